The van der Waals surface area contributed by atoms with Crippen molar-refractivity contribution in [3.63, 3.8) is 0 Å². The molecule has 1 aliphatic heterocycles. The van der Waals surface area contributed by atoms with Gasteiger partial charge in [-0.1, -0.05) is 47.2 Å². The molecule has 0 aliphatic carbocycles. The summed E-state index contributed by atoms with van der Waals surface area (Å²) in [6.45, 7) is 0.213. The maximum Gasteiger partial charge on any atom is 0.263 e. The molecule has 2 heterocycles. The molecule has 0 bridgehead atoms. The summed E-state index contributed by atoms with van der Waals surface area (Å²) in [5, 5.41) is 0.805. The fraction of sp³-hybridized carbons (Fsp3) is 0.0870. The number of benzene rings is 3. The number of hydrogen-bond acceptors (Lipinski definition) is 6. The maximum absolute atomic E-state index is 12.8. The fourth-order valence-electron chi connectivity index (χ4n) is 3.63. The lowest BCUT2D eigenvalue weighted by Crippen LogP contribution is -2.31. The smallest absolute Gasteiger partial charge is 0.263 e. The summed E-state index contributed by atoms with van der Waals surface area (Å²) in [6.07, 6.45) is 0.415. The normalized spacial score (nSPS) is 13.5. The van der Waals surface area contributed by atoms with E-state index in [0.29, 0.717) is 28.1 Å². The number of halogens is 1. The molecule has 2 amide bonds. The maximum atomic E-state index is 12.8. The molecule has 0 saturated carbocycles. The van der Waals surface area contributed by atoms with E-state index in [4.69, 9.17) is 11.6 Å². The third kappa shape index (κ3) is 4.10. The second kappa shape index (κ2) is 8.26. The van der Waals surface area contributed by atoms with E-state index in [-0.39, 0.29) is 28.4 Å². The van der Waals surface area contributed by atoms with Gasteiger partial charge in [0, 0.05) is 11.6 Å². The van der Waals surface area contributed by atoms with E-state index in [9.17, 15) is 18.0 Å². The summed E-state index contributed by atoms with van der Waals surface area (Å²) in [5.41, 5.74) is 2.28. The molecule has 0 radical (unpaired) electrons. The topological polar surface area (TPSA) is 96.4 Å². The van der Waals surface area contributed by atoms with Crippen molar-refractivity contribution in [3.8, 4) is 0 Å². The monoisotopic (exact) mass is 497 g/mol. The lowest BCUT2D eigenvalue weighted by atomic mass is 10.1. The lowest BCUT2D eigenvalue weighted by molar-refractivity contribution is 0.0656. The van der Waals surface area contributed by atoms with Gasteiger partial charge < -0.3 is 0 Å². The van der Waals surface area contributed by atoms with Crippen molar-refractivity contribution < 1.29 is 18.0 Å². The molecular formula is C23H16ClN3O4S2. The fourth-order valence-corrected chi connectivity index (χ4v) is 6.01. The van der Waals surface area contributed by atoms with Gasteiger partial charge in [-0.2, -0.15) is 0 Å². The number of anilines is 1. The lowest BCUT2D eigenvalue weighted by Gasteiger charge is -2.14. The Morgan fingerprint density at radius 1 is 0.939 bits per heavy atom. The van der Waals surface area contributed by atoms with Crippen LogP contribution in [-0.2, 0) is 16.4 Å². The highest BCUT2D eigenvalue weighted by molar-refractivity contribution is 7.93. The van der Waals surface area contributed by atoms with Gasteiger partial charge in [0.15, 0.2) is 5.13 Å². The Hall–Kier alpha value is -3.27. The van der Waals surface area contributed by atoms with Gasteiger partial charge in [0.2, 0.25) is 0 Å². The number of rotatable bonds is 6. The summed E-state index contributed by atoms with van der Waals surface area (Å²) in [7, 11) is -3.83. The minimum absolute atomic E-state index is 0.0873. The van der Waals surface area contributed by atoms with E-state index in [1.165, 1.54) is 28.4 Å². The summed E-state index contributed by atoms with van der Waals surface area (Å²) in [6, 6.07) is 18.2. The molecule has 0 atom stereocenters. The number of fused-ring (bicyclic) bond motifs is 2. The van der Waals surface area contributed by atoms with Crippen LogP contribution < -0.4 is 4.72 Å². The highest BCUT2D eigenvalue weighted by atomic mass is 35.5. The number of sulfonamides is 1. The molecule has 4 aromatic rings. The zero-order valence-electron chi connectivity index (χ0n) is 17.0. The Kier molecular flexibility index (Phi) is 5.40. The molecule has 0 spiro atoms. The largest absolute Gasteiger partial charge is 0.274 e. The van der Waals surface area contributed by atoms with Crippen LogP contribution in [0.15, 0.2) is 71.6 Å². The standard InChI is InChI=1S/C23H16ClN3O4S2/c24-15-7-10-19-20(13-15)32-23(25-19)26-33(30,31)16-8-5-14(6-9-16)11-12-27-21(28)17-3-1-2-4-18(17)22(27)29/h1-10,13H,11-12H2,(H,25,26). The van der Waals surface area contributed by atoms with E-state index in [0.717, 1.165) is 10.3 Å². The molecule has 166 valence electrons. The van der Waals surface area contributed by atoms with Crippen molar-refractivity contribution >= 4 is 60.1 Å². The first-order valence-electron chi connectivity index (χ1n) is 9.95. The summed E-state index contributed by atoms with van der Waals surface area (Å²) >= 11 is 7.18. The molecule has 1 aromatic heterocycles. The third-order valence-electron chi connectivity index (χ3n) is 5.31. The van der Waals surface area contributed by atoms with E-state index in [1.807, 2.05) is 0 Å². The Labute approximate surface area is 198 Å². The van der Waals surface area contributed by atoms with Gasteiger partial charge in [0.25, 0.3) is 21.8 Å². The number of nitrogens with one attached hydrogen (secondary N) is 1. The number of hydrogen-bond donors (Lipinski definition) is 1. The average Bonchev–Trinajstić information content (AvgIpc) is 3.30. The van der Waals surface area contributed by atoms with Crippen LogP contribution in [0.2, 0.25) is 5.02 Å². The van der Waals surface area contributed by atoms with Gasteiger partial charge in [-0.3, -0.25) is 19.2 Å². The summed E-state index contributed by atoms with van der Waals surface area (Å²) < 4.78 is 28.8. The van der Waals surface area contributed by atoms with Crippen molar-refractivity contribution in [3.05, 3.63) is 88.4 Å². The number of nitrogens with zero attached hydrogens (tertiary/aromatic N) is 2. The third-order valence-corrected chi connectivity index (χ3v) is 7.96. The van der Waals surface area contributed by atoms with Crippen molar-refractivity contribution in [2.75, 3.05) is 11.3 Å². The summed E-state index contributed by atoms with van der Waals surface area (Å²) in [5.74, 6) is -0.618. The first-order chi connectivity index (χ1) is 15.8. The van der Waals surface area contributed by atoms with Crippen molar-refractivity contribution in [2.45, 2.75) is 11.3 Å². The predicted octanol–water partition coefficient (Wildman–Crippen LogP) is 4.59. The molecule has 5 rings (SSSR count). The van der Waals surface area contributed by atoms with Crippen LogP contribution in [0.4, 0.5) is 5.13 Å². The number of thiazole rings is 1. The Morgan fingerprint density at radius 2 is 1.61 bits per heavy atom. The number of amides is 2. The van der Waals surface area contributed by atoms with Crippen LogP contribution in [0.3, 0.4) is 0 Å². The van der Waals surface area contributed by atoms with Crippen molar-refractivity contribution in [1.82, 2.24) is 9.88 Å². The van der Waals surface area contributed by atoms with Crippen LogP contribution in [0, 0.1) is 0 Å². The van der Waals surface area contributed by atoms with Gasteiger partial charge in [0.05, 0.1) is 26.2 Å². The molecule has 10 heteroatoms. The van der Waals surface area contributed by atoms with Crippen molar-refractivity contribution in [2.24, 2.45) is 0 Å². The molecule has 0 fully saturated rings. The zero-order chi connectivity index (χ0) is 23.2. The molecule has 33 heavy (non-hydrogen) atoms. The van der Waals surface area contributed by atoms with Crippen LogP contribution in [0.5, 0.6) is 0 Å². The number of carbonyl (C=O) groups excluding carboxylic acids is 2. The molecule has 0 saturated heterocycles. The highest BCUT2D eigenvalue weighted by Crippen LogP contribution is 2.30. The van der Waals surface area contributed by atoms with Gasteiger partial charge in [0.1, 0.15) is 0 Å². The van der Waals surface area contributed by atoms with E-state index < -0.39 is 10.0 Å². The van der Waals surface area contributed by atoms with Crippen LogP contribution >= 0.6 is 22.9 Å². The SMILES string of the molecule is O=C1c2ccccc2C(=O)N1CCc1ccc(S(=O)(=O)Nc2nc3ccc(Cl)cc3s2)cc1. The first kappa shape index (κ1) is 21.6. The van der Waals surface area contributed by atoms with Crippen molar-refractivity contribution in [1.29, 1.82) is 0 Å². The van der Waals surface area contributed by atoms with Crippen LogP contribution in [0.25, 0.3) is 10.2 Å². The molecule has 1 aliphatic rings. The number of carbonyl (C=O) groups is 2. The zero-order valence-corrected chi connectivity index (χ0v) is 19.4. The summed E-state index contributed by atoms with van der Waals surface area (Å²) in [4.78, 5) is 30.5. The molecular weight excluding hydrogens is 482 g/mol. The van der Waals surface area contributed by atoms with E-state index in [2.05, 4.69) is 9.71 Å². The number of imide groups is 1. The molecule has 3 aromatic carbocycles. The Bertz CT molecular complexity index is 1480. The predicted molar refractivity (Wildman–Crippen MR) is 127 cm³/mol. The van der Waals surface area contributed by atoms with Gasteiger partial charge in [-0.05, 0) is 54.4 Å². The van der Waals surface area contributed by atoms with Gasteiger partial charge in [-0.25, -0.2) is 13.4 Å². The molecule has 1 N–H and O–H groups in total. The molecule has 0 unspecified atom stereocenters. The van der Waals surface area contributed by atoms with Crippen LogP contribution in [0.1, 0.15) is 26.3 Å². The minimum atomic E-state index is -3.83. The first-order valence-corrected chi connectivity index (χ1v) is 12.6. The van der Waals surface area contributed by atoms with Gasteiger partial charge >= 0.3 is 0 Å². The molecule has 7 nitrogen and oxygen atoms in total. The quantitative estimate of drug-likeness (QED) is 0.393. The number of aromatic nitrogens is 1. The average molecular weight is 498 g/mol. The van der Waals surface area contributed by atoms with E-state index >= 15 is 0 Å². The van der Waals surface area contributed by atoms with Gasteiger partial charge in [-0.15, -0.1) is 0 Å². The van der Waals surface area contributed by atoms with E-state index in [1.54, 1.807) is 54.6 Å². The van der Waals surface area contributed by atoms with Crippen LogP contribution in [-0.4, -0.2) is 36.7 Å². The second-order valence-corrected chi connectivity index (χ2v) is 10.6. The highest BCUT2D eigenvalue weighted by Gasteiger charge is 2.34. The Balaban J connectivity index is 1.27. The second-order valence-electron chi connectivity index (χ2n) is 7.44. The minimum Gasteiger partial charge on any atom is -0.274 e. The Morgan fingerprint density at radius 3 is 2.27 bits per heavy atom.